The lowest BCUT2D eigenvalue weighted by molar-refractivity contribution is -0.115. The number of carbonyl (C=O) groups excluding carboxylic acids is 1. The summed E-state index contributed by atoms with van der Waals surface area (Å²) in [6.07, 6.45) is 4.32. The van der Waals surface area contributed by atoms with Crippen molar-refractivity contribution in [1.82, 2.24) is 19.9 Å². The minimum atomic E-state index is -0.526. The normalized spacial score (nSPS) is 17.8. The Balaban J connectivity index is 1.54. The molecule has 1 aliphatic heterocycles. The number of carbonyl (C=O) groups is 1. The van der Waals surface area contributed by atoms with Gasteiger partial charge in [-0.1, -0.05) is 18.3 Å². The smallest absolute Gasteiger partial charge is 0.230 e. The SMILES string of the molecule is CCC(=O)Nc1nc(F)c(CN2CC[C@H](Cc3ncc(F)cn3)C2)s1. The van der Waals surface area contributed by atoms with Crippen molar-refractivity contribution < 1.29 is 13.6 Å². The van der Waals surface area contributed by atoms with E-state index in [1.165, 1.54) is 23.7 Å². The third-order valence-electron chi connectivity index (χ3n) is 4.10. The van der Waals surface area contributed by atoms with Crippen LogP contribution in [0.25, 0.3) is 0 Å². The van der Waals surface area contributed by atoms with Gasteiger partial charge < -0.3 is 5.32 Å². The average molecular weight is 367 g/mol. The number of nitrogens with one attached hydrogen (secondary N) is 1. The number of hydrogen-bond acceptors (Lipinski definition) is 6. The first-order valence-corrected chi connectivity index (χ1v) is 8.99. The first kappa shape index (κ1) is 17.8. The molecule has 25 heavy (non-hydrogen) atoms. The summed E-state index contributed by atoms with van der Waals surface area (Å²) in [5.74, 6) is -0.159. The minimum absolute atomic E-state index is 0.180. The van der Waals surface area contributed by atoms with Gasteiger partial charge in [-0.3, -0.25) is 9.69 Å². The zero-order chi connectivity index (χ0) is 17.8. The van der Waals surface area contributed by atoms with Crippen molar-refractivity contribution in [2.75, 3.05) is 18.4 Å². The zero-order valence-electron chi connectivity index (χ0n) is 13.8. The molecule has 1 amide bonds. The van der Waals surface area contributed by atoms with E-state index >= 15 is 0 Å². The average Bonchev–Trinajstić information content (AvgIpc) is 3.16. The van der Waals surface area contributed by atoms with E-state index in [0.29, 0.717) is 41.1 Å². The summed E-state index contributed by atoms with van der Waals surface area (Å²) < 4.78 is 26.8. The van der Waals surface area contributed by atoms with Gasteiger partial charge in [0.1, 0.15) is 5.82 Å². The lowest BCUT2D eigenvalue weighted by atomic mass is 10.0. The fourth-order valence-electron chi connectivity index (χ4n) is 2.82. The van der Waals surface area contributed by atoms with Crippen LogP contribution in [0.1, 0.15) is 30.5 Å². The minimum Gasteiger partial charge on any atom is -0.302 e. The Hall–Kier alpha value is -2.00. The summed E-state index contributed by atoms with van der Waals surface area (Å²) in [6, 6.07) is 0. The van der Waals surface area contributed by atoms with Gasteiger partial charge in [0, 0.05) is 25.9 Å². The van der Waals surface area contributed by atoms with Crippen LogP contribution >= 0.6 is 11.3 Å². The molecule has 6 nitrogen and oxygen atoms in total. The second kappa shape index (κ2) is 7.92. The van der Waals surface area contributed by atoms with Gasteiger partial charge in [0.15, 0.2) is 10.9 Å². The maximum Gasteiger partial charge on any atom is 0.230 e. The van der Waals surface area contributed by atoms with E-state index in [0.717, 1.165) is 19.5 Å². The molecule has 1 atom stereocenters. The van der Waals surface area contributed by atoms with Gasteiger partial charge in [-0.2, -0.15) is 9.37 Å². The number of likely N-dealkylation sites (tertiary alicyclic amines) is 1. The molecule has 2 aromatic heterocycles. The predicted octanol–water partition coefficient (Wildman–Crippen LogP) is 2.62. The van der Waals surface area contributed by atoms with Crippen LogP contribution < -0.4 is 5.32 Å². The molecule has 0 saturated carbocycles. The van der Waals surface area contributed by atoms with E-state index in [4.69, 9.17) is 0 Å². The van der Waals surface area contributed by atoms with E-state index in [9.17, 15) is 13.6 Å². The lowest BCUT2D eigenvalue weighted by Gasteiger charge is -2.14. The van der Waals surface area contributed by atoms with Crippen LogP contribution in [0.15, 0.2) is 12.4 Å². The van der Waals surface area contributed by atoms with Gasteiger partial charge >= 0.3 is 0 Å². The Labute approximate surface area is 148 Å². The molecule has 1 N–H and O–H groups in total. The monoisotopic (exact) mass is 367 g/mol. The van der Waals surface area contributed by atoms with Crippen molar-refractivity contribution >= 4 is 22.4 Å². The highest BCUT2D eigenvalue weighted by Gasteiger charge is 2.25. The molecule has 0 unspecified atom stereocenters. The molecule has 0 bridgehead atoms. The van der Waals surface area contributed by atoms with Crippen LogP contribution in [-0.2, 0) is 17.8 Å². The van der Waals surface area contributed by atoms with E-state index in [2.05, 4.69) is 25.2 Å². The number of thiazole rings is 1. The van der Waals surface area contributed by atoms with Gasteiger partial charge in [-0.05, 0) is 18.9 Å². The van der Waals surface area contributed by atoms with E-state index in [1.54, 1.807) is 6.92 Å². The van der Waals surface area contributed by atoms with Gasteiger partial charge in [0.25, 0.3) is 0 Å². The van der Waals surface area contributed by atoms with E-state index < -0.39 is 11.8 Å². The maximum atomic E-state index is 14.0. The zero-order valence-corrected chi connectivity index (χ0v) is 14.7. The highest BCUT2D eigenvalue weighted by atomic mass is 32.1. The first-order chi connectivity index (χ1) is 12.0. The van der Waals surface area contributed by atoms with Gasteiger partial charge in [-0.15, -0.1) is 0 Å². The molecule has 1 saturated heterocycles. The molecule has 1 fully saturated rings. The highest BCUT2D eigenvalue weighted by Crippen LogP contribution is 2.27. The number of hydrogen-bond donors (Lipinski definition) is 1. The largest absolute Gasteiger partial charge is 0.302 e. The molecule has 0 spiro atoms. The van der Waals surface area contributed by atoms with Crippen molar-refractivity contribution in [3.05, 3.63) is 34.9 Å². The summed E-state index contributed by atoms with van der Waals surface area (Å²) in [7, 11) is 0. The predicted molar refractivity (Wildman–Crippen MR) is 90.1 cm³/mol. The van der Waals surface area contributed by atoms with Crippen LogP contribution in [0.3, 0.4) is 0 Å². The van der Waals surface area contributed by atoms with Crippen molar-refractivity contribution in [2.45, 2.75) is 32.7 Å². The number of amides is 1. The molecule has 134 valence electrons. The van der Waals surface area contributed by atoms with Crippen LogP contribution in [0, 0.1) is 17.7 Å². The quantitative estimate of drug-likeness (QED) is 0.850. The second-order valence-electron chi connectivity index (χ2n) is 6.05. The van der Waals surface area contributed by atoms with Crippen LogP contribution in [0.4, 0.5) is 13.9 Å². The van der Waals surface area contributed by atoms with Gasteiger partial charge in [-0.25, -0.2) is 14.4 Å². The molecule has 1 aliphatic rings. The Morgan fingerprint density at radius 3 is 2.88 bits per heavy atom. The molecule has 0 aliphatic carbocycles. The standard InChI is InChI=1S/C16H19F2N5OS/c1-2-14(24)21-16-22-15(18)12(25-16)9-23-4-3-10(8-23)5-13-19-6-11(17)7-20-13/h6-7,10H,2-5,8-9H2,1H3,(H,21,22,24)/t10-/m1/s1. The first-order valence-electron chi connectivity index (χ1n) is 8.17. The fraction of sp³-hybridized carbons (Fsp3) is 0.500. The summed E-state index contributed by atoms with van der Waals surface area (Å²) in [6.45, 7) is 3.84. The molecule has 0 radical (unpaired) electrons. The second-order valence-corrected chi connectivity index (χ2v) is 7.13. The van der Waals surface area contributed by atoms with Gasteiger partial charge in [0.2, 0.25) is 11.9 Å². The third kappa shape index (κ3) is 4.76. The molecular formula is C16H19F2N5OS. The fourth-order valence-corrected chi connectivity index (χ4v) is 3.72. The number of anilines is 1. The van der Waals surface area contributed by atoms with Crippen LogP contribution in [-0.4, -0.2) is 38.8 Å². The molecule has 3 heterocycles. The lowest BCUT2D eigenvalue weighted by Crippen LogP contribution is -2.21. The third-order valence-corrected chi connectivity index (χ3v) is 5.03. The van der Waals surface area contributed by atoms with Crippen molar-refractivity contribution in [3.63, 3.8) is 0 Å². The number of halogens is 2. The summed E-state index contributed by atoms with van der Waals surface area (Å²) in [4.78, 5) is 25.8. The summed E-state index contributed by atoms with van der Waals surface area (Å²) in [5, 5.41) is 2.89. The van der Waals surface area contributed by atoms with Crippen molar-refractivity contribution in [2.24, 2.45) is 5.92 Å². The summed E-state index contributed by atoms with van der Waals surface area (Å²) in [5.41, 5.74) is 0. The topological polar surface area (TPSA) is 71.0 Å². The number of rotatable bonds is 6. The molecular weight excluding hydrogens is 348 g/mol. The molecule has 9 heteroatoms. The van der Waals surface area contributed by atoms with Crippen molar-refractivity contribution in [1.29, 1.82) is 0 Å². The van der Waals surface area contributed by atoms with E-state index in [1.807, 2.05) is 0 Å². The highest BCUT2D eigenvalue weighted by molar-refractivity contribution is 7.15. The summed E-state index contributed by atoms with van der Waals surface area (Å²) >= 11 is 1.17. The maximum absolute atomic E-state index is 14.0. The van der Waals surface area contributed by atoms with E-state index in [-0.39, 0.29) is 5.91 Å². The van der Waals surface area contributed by atoms with Crippen LogP contribution in [0.2, 0.25) is 0 Å². The Bertz CT molecular complexity index is 737. The Morgan fingerprint density at radius 2 is 2.16 bits per heavy atom. The Morgan fingerprint density at radius 1 is 1.40 bits per heavy atom. The van der Waals surface area contributed by atoms with Crippen molar-refractivity contribution in [3.8, 4) is 0 Å². The molecule has 2 aromatic rings. The molecule has 3 rings (SSSR count). The Kier molecular flexibility index (Phi) is 5.64. The van der Waals surface area contributed by atoms with Crippen LogP contribution in [0.5, 0.6) is 0 Å². The molecule has 0 aromatic carbocycles. The van der Waals surface area contributed by atoms with Gasteiger partial charge in [0.05, 0.1) is 17.3 Å². The number of nitrogens with zero attached hydrogens (tertiary/aromatic N) is 4. The number of aromatic nitrogens is 3.